The van der Waals surface area contributed by atoms with Gasteiger partial charge in [-0.1, -0.05) is 12.1 Å². The third-order valence-electron chi connectivity index (χ3n) is 3.40. The van der Waals surface area contributed by atoms with Crippen LogP contribution in [-0.2, 0) is 6.54 Å². The molecule has 0 aliphatic carbocycles. The summed E-state index contributed by atoms with van der Waals surface area (Å²) >= 11 is 0. The highest BCUT2D eigenvalue weighted by Gasteiger charge is 2.09. The fourth-order valence-electron chi connectivity index (χ4n) is 2.36. The van der Waals surface area contributed by atoms with E-state index in [1.165, 1.54) is 22.3 Å². The molecule has 106 valence electrons. The van der Waals surface area contributed by atoms with Gasteiger partial charge in [-0.25, -0.2) is 0 Å². The van der Waals surface area contributed by atoms with Crippen molar-refractivity contribution in [2.75, 3.05) is 21.3 Å². The molecule has 3 heteroatoms. The lowest BCUT2D eigenvalue weighted by Gasteiger charge is -2.14. The summed E-state index contributed by atoms with van der Waals surface area (Å²) in [5.41, 5.74) is 4.87. The molecule has 0 fully saturated rings. The van der Waals surface area contributed by atoms with Crippen LogP contribution in [0.1, 0.15) is 11.1 Å². The van der Waals surface area contributed by atoms with Gasteiger partial charge in [0.1, 0.15) is 11.5 Å². The van der Waals surface area contributed by atoms with E-state index in [1.54, 1.807) is 14.2 Å². The lowest BCUT2D eigenvalue weighted by molar-refractivity contribution is 0.414. The predicted molar refractivity (Wildman–Crippen MR) is 82.5 cm³/mol. The van der Waals surface area contributed by atoms with E-state index in [2.05, 4.69) is 36.5 Å². The molecule has 2 aromatic rings. The molecule has 0 saturated heterocycles. The van der Waals surface area contributed by atoms with Crippen LogP contribution in [0.3, 0.4) is 0 Å². The molecule has 20 heavy (non-hydrogen) atoms. The van der Waals surface area contributed by atoms with Crippen LogP contribution in [0.4, 0.5) is 0 Å². The molecular formula is C17H21NO2. The molecule has 0 bridgehead atoms. The molecule has 0 aliphatic rings. The first-order chi connectivity index (χ1) is 9.69. The Hall–Kier alpha value is -2.00. The average molecular weight is 271 g/mol. The summed E-state index contributed by atoms with van der Waals surface area (Å²) in [5.74, 6) is 1.76. The fraction of sp³-hybridized carbons (Fsp3) is 0.294. The maximum Gasteiger partial charge on any atom is 0.119 e. The first-order valence-corrected chi connectivity index (χ1v) is 6.66. The van der Waals surface area contributed by atoms with E-state index in [1.807, 2.05) is 19.2 Å². The van der Waals surface area contributed by atoms with Crippen molar-refractivity contribution in [3.63, 3.8) is 0 Å². The maximum absolute atomic E-state index is 5.31. The smallest absolute Gasteiger partial charge is 0.119 e. The summed E-state index contributed by atoms with van der Waals surface area (Å²) in [4.78, 5) is 0. The molecule has 0 unspecified atom stereocenters. The number of hydrogen-bond donors (Lipinski definition) is 1. The fourth-order valence-corrected chi connectivity index (χ4v) is 2.36. The second kappa shape index (κ2) is 6.44. The van der Waals surface area contributed by atoms with Crippen molar-refractivity contribution in [1.29, 1.82) is 0 Å². The Bertz CT molecular complexity index is 594. The van der Waals surface area contributed by atoms with Gasteiger partial charge >= 0.3 is 0 Å². The zero-order valence-electron chi connectivity index (χ0n) is 12.5. The van der Waals surface area contributed by atoms with E-state index < -0.39 is 0 Å². The molecule has 1 N–H and O–H groups in total. The Morgan fingerprint density at radius 3 is 2.05 bits per heavy atom. The molecule has 2 aromatic carbocycles. The number of aryl methyl sites for hydroxylation is 1. The van der Waals surface area contributed by atoms with Gasteiger partial charge in [-0.2, -0.15) is 0 Å². The monoisotopic (exact) mass is 271 g/mol. The molecule has 0 spiro atoms. The first kappa shape index (κ1) is 14.4. The zero-order valence-corrected chi connectivity index (χ0v) is 12.5. The van der Waals surface area contributed by atoms with E-state index in [-0.39, 0.29) is 0 Å². The summed E-state index contributed by atoms with van der Waals surface area (Å²) in [6.07, 6.45) is 0. The van der Waals surface area contributed by atoms with Gasteiger partial charge in [0.25, 0.3) is 0 Å². The highest BCUT2D eigenvalue weighted by Crippen LogP contribution is 2.31. The largest absolute Gasteiger partial charge is 0.497 e. The van der Waals surface area contributed by atoms with Crippen molar-refractivity contribution in [3.8, 4) is 22.6 Å². The van der Waals surface area contributed by atoms with Gasteiger partial charge in [0.15, 0.2) is 0 Å². The third kappa shape index (κ3) is 2.94. The minimum absolute atomic E-state index is 0.804. The second-order valence-corrected chi connectivity index (χ2v) is 4.73. The number of rotatable bonds is 5. The normalized spacial score (nSPS) is 10.4. The van der Waals surface area contributed by atoms with Crippen LogP contribution < -0.4 is 14.8 Å². The summed E-state index contributed by atoms with van der Waals surface area (Å²) in [6, 6.07) is 12.3. The summed E-state index contributed by atoms with van der Waals surface area (Å²) in [6.45, 7) is 2.91. The van der Waals surface area contributed by atoms with E-state index in [4.69, 9.17) is 9.47 Å². The number of hydrogen-bond acceptors (Lipinski definition) is 3. The standard InChI is InChI=1S/C17H21NO2/c1-12-9-14(19-3)5-7-16(12)17-8-6-15(20-4)10-13(17)11-18-2/h5-10,18H,11H2,1-4H3. The molecule has 0 amide bonds. The van der Waals surface area contributed by atoms with Crippen molar-refractivity contribution in [2.45, 2.75) is 13.5 Å². The minimum Gasteiger partial charge on any atom is -0.497 e. The van der Waals surface area contributed by atoms with Crippen LogP contribution in [0.5, 0.6) is 11.5 Å². The highest BCUT2D eigenvalue weighted by atomic mass is 16.5. The van der Waals surface area contributed by atoms with E-state index >= 15 is 0 Å². The summed E-state index contributed by atoms with van der Waals surface area (Å²) in [5, 5.41) is 3.21. The molecule has 0 radical (unpaired) electrons. The molecule has 3 nitrogen and oxygen atoms in total. The lowest BCUT2D eigenvalue weighted by Crippen LogP contribution is -2.07. The van der Waals surface area contributed by atoms with Gasteiger partial charge < -0.3 is 14.8 Å². The molecular weight excluding hydrogens is 250 g/mol. The number of methoxy groups -OCH3 is 2. The minimum atomic E-state index is 0.804. The number of ether oxygens (including phenoxy) is 2. The van der Waals surface area contributed by atoms with Crippen LogP contribution in [0, 0.1) is 6.92 Å². The Morgan fingerprint density at radius 1 is 0.900 bits per heavy atom. The Labute approximate surface area is 120 Å². The first-order valence-electron chi connectivity index (χ1n) is 6.66. The lowest BCUT2D eigenvalue weighted by atomic mass is 9.95. The summed E-state index contributed by atoms with van der Waals surface area (Å²) < 4.78 is 10.6. The van der Waals surface area contributed by atoms with Gasteiger partial charge in [-0.05, 0) is 60.5 Å². The average Bonchev–Trinajstić information content (AvgIpc) is 2.47. The Morgan fingerprint density at radius 2 is 1.50 bits per heavy atom. The van der Waals surface area contributed by atoms with Crippen LogP contribution in [0.2, 0.25) is 0 Å². The molecule has 0 aliphatic heterocycles. The van der Waals surface area contributed by atoms with E-state index in [0.29, 0.717) is 0 Å². The SMILES string of the molecule is CNCc1cc(OC)ccc1-c1ccc(OC)cc1C. The van der Waals surface area contributed by atoms with Crippen molar-refractivity contribution >= 4 is 0 Å². The van der Waals surface area contributed by atoms with Gasteiger partial charge in [0, 0.05) is 6.54 Å². The number of nitrogens with one attached hydrogen (secondary N) is 1. The van der Waals surface area contributed by atoms with Gasteiger partial charge in [0.05, 0.1) is 14.2 Å². The van der Waals surface area contributed by atoms with Crippen LogP contribution in [0.15, 0.2) is 36.4 Å². The van der Waals surface area contributed by atoms with Crippen molar-refractivity contribution in [1.82, 2.24) is 5.32 Å². The van der Waals surface area contributed by atoms with Crippen LogP contribution in [0.25, 0.3) is 11.1 Å². The molecule has 0 atom stereocenters. The van der Waals surface area contributed by atoms with Gasteiger partial charge in [0.2, 0.25) is 0 Å². The second-order valence-electron chi connectivity index (χ2n) is 4.73. The van der Waals surface area contributed by atoms with Crippen molar-refractivity contribution in [3.05, 3.63) is 47.5 Å². The van der Waals surface area contributed by atoms with Crippen LogP contribution in [-0.4, -0.2) is 21.3 Å². The molecule has 2 rings (SSSR count). The third-order valence-corrected chi connectivity index (χ3v) is 3.40. The molecule has 0 heterocycles. The van der Waals surface area contributed by atoms with Gasteiger partial charge in [-0.3, -0.25) is 0 Å². The topological polar surface area (TPSA) is 30.5 Å². The van der Waals surface area contributed by atoms with Crippen molar-refractivity contribution < 1.29 is 9.47 Å². The van der Waals surface area contributed by atoms with Crippen LogP contribution >= 0.6 is 0 Å². The molecule has 0 aromatic heterocycles. The van der Waals surface area contributed by atoms with Crippen molar-refractivity contribution in [2.24, 2.45) is 0 Å². The molecule has 0 saturated carbocycles. The van der Waals surface area contributed by atoms with Gasteiger partial charge in [-0.15, -0.1) is 0 Å². The zero-order chi connectivity index (χ0) is 14.5. The summed E-state index contributed by atoms with van der Waals surface area (Å²) in [7, 11) is 5.33. The Kier molecular flexibility index (Phi) is 4.64. The predicted octanol–water partition coefficient (Wildman–Crippen LogP) is 3.40. The quantitative estimate of drug-likeness (QED) is 0.904. The number of benzene rings is 2. The van der Waals surface area contributed by atoms with E-state index in [9.17, 15) is 0 Å². The Balaban J connectivity index is 2.50. The maximum atomic E-state index is 5.31. The van der Waals surface area contributed by atoms with E-state index in [0.717, 1.165) is 18.0 Å². The highest BCUT2D eigenvalue weighted by molar-refractivity contribution is 5.72.